The van der Waals surface area contributed by atoms with E-state index in [4.69, 9.17) is 4.74 Å². The van der Waals surface area contributed by atoms with Crippen molar-refractivity contribution in [2.75, 3.05) is 26.2 Å². The minimum absolute atomic E-state index is 0.0589. The first-order valence-corrected chi connectivity index (χ1v) is 9.60. The molecule has 5 heteroatoms. The number of carbonyl (C=O) groups is 1. The summed E-state index contributed by atoms with van der Waals surface area (Å²) in [6.07, 6.45) is 1.17. The smallest absolute Gasteiger partial charge is 0.246 e. The average Bonchev–Trinajstić information content (AvgIpc) is 2.73. The van der Waals surface area contributed by atoms with Crippen LogP contribution in [0.15, 0.2) is 60.7 Å². The zero-order valence-electron chi connectivity index (χ0n) is 15.4. The number of ether oxygens (including phenoxy) is 1. The summed E-state index contributed by atoms with van der Waals surface area (Å²) in [5.74, 6) is -0.0589. The molecule has 0 bridgehead atoms. The van der Waals surface area contributed by atoms with E-state index in [-0.39, 0.29) is 24.2 Å². The minimum atomic E-state index is -0.489. The van der Waals surface area contributed by atoms with Crippen LogP contribution in [0.25, 0.3) is 0 Å². The standard InChI is InChI=1S/C22H26N2O3/c25-19(17-7-3-1-4-8-17)15-24-13-11-22(12-14-24)21(23-20(26)16-27-22)18-9-5-2-6-10-18/h1-10,19,21,25H,11-16H2,(H,23,26). The maximum Gasteiger partial charge on any atom is 0.246 e. The predicted octanol–water partition coefficient (Wildman–Crippen LogP) is 2.44. The summed E-state index contributed by atoms with van der Waals surface area (Å²) in [6, 6.07) is 19.7. The van der Waals surface area contributed by atoms with E-state index >= 15 is 0 Å². The Bertz CT molecular complexity index is 758. The number of piperidine rings is 1. The molecule has 2 aliphatic heterocycles. The summed E-state index contributed by atoms with van der Waals surface area (Å²) in [5, 5.41) is 13.7. The molecule has 0 aliphatic carbocycles. The molecule has 4 rings (SSSR count). The highest BCUT2D eigenvalue weighted by atomic mass is 16.5. The first-order chi connectivity index (χ1) is 13.2. The van der Waals surface area contributed by atoms with Gasteiger partial charge in [-0.2, -0.15) is 0 Å². The number of rotatable bonds is 4. The van der Waals surface area contributed by atoms with E-state index in [0.29, 0.717) is 6.54 Å². The summed E-state index contributed by atoms with van der Waals surface area (Å²) >= 11 is 0. The lowest BCUT2D eigenvalue weighted by Gasteiger charge is -2.49. The molecule has 5 nitrogen and oxygen atoms in total. The van der Waals surface area contributed by atoms with Gasteiger partial charge in [0.15, 0.2) is 0 Å². The second-order valence-electron chi connectivity index (χ2n) is 7.49. The maximum absolute atomic E-state index is 12.0. The van der Waals surface area contributed by atoms with E-state index in [0.717, 1.165) is 37.1 Å². The fraction of sp³-hybridized carbons (Fsp3) is 0.409. The first-order valence-electron chi connectivity index (χ1n) is 9.60. The van der Waals surface area contributed by atoms with Crippen molar-refractivity contribution in [2.45, 2.75) is 30.6 Å². The van der Waals surface area contributed by atoms with Crippen LogP contribution < -0.4 is 5.32 Å². The van der Waals surface area contributed by atoms with E-state index in [9.17, 15) is 9.90 Å². The van der Waals surface area contributed by atoms with Crippen molar-refractivity contribution in [3.8, 4) is 0 Å². The highest BCUT2D eigenvalue weighted by Gasteiger charge is 2.47. The average molecular weight is 366 g/mol. The van der Waals surface area contributed by atoms with Gasteiger partial charge in [0.05, 0.1) is 17.7 Å². The number of morpholine rings is 1. The molecular weight excluding hydrogens is 340 g/mol. The van der Waals surface area contributed by atoms with Gasteiger partial charge in [0.1, 0.15) is 6.61 Å². The van der Waals surface area contributed by atoms with Crippen molar-refractivity contribution in [3.05, 3.63) is 71.8 Å². The summed E-state index contributed by atoms with van der Waals surface area (Å²) in [4.78, 5) is 14.2. The van der Waals surface area contributed by atoms with E-state index in [1.165, 1.54) is 0 Å². The fourth-order valence-corrected chi connectivity index (χ4v) is 4.23. The molecule has 0 radical (unpaired) electrons. The molecule has 1 amide bonds. The molecule has 2 heterocycles. The molecule has 2 fully saturated rings. The molecule has 27 heavy (non-hydrogen) atoms. The molecule has 2 aromatic rings. The van der Waals surface area contributed by atoms with Crippen molar-refractivity contribution < 1.29 is 14.6 Å². The number of carbonyl (C=O) groups excluding carboxylic acids is 1. The monoisotopic (exact) mass is 366 g/mol. The van der Waals surface area contributed by atoms with Crippen molar-refractivity contribution in [2.24, 2.45) is 0 Å². The quantitative estimate of drug-likeness (QED) is 0.873. The number of hydrogen-bond donors (Lipinski definition) is 2. The lowest BCUT2D eigenvalue weighted by molar-refractivity contribution is -0.162. The Hall–Kier alpha value is -2.21. The van der Waals surface area contributed by atoms with Gasteiger partial charge in [-0.3, -0.25) is 4.79 Å². The molecule has 2 saturated heterocycles. The third-order valence-electron chi connectivity index (χ3n) is 5.77. The normalized spacial score (nSPS) is 23.7. The third kappa shape index (κ3) is 3.90. The van der Waals surface area contributed by atoms with Gasteiger partial charge < -0.3 is 20.1 Å². The summed E-state index contributed by atoms with van der Waals surface area (Å²) < 4.78 is 6.12. The van der Waals surface area contributed by atoms with Crippen LogP contribution >= 0.6 is 0 Å². The SMILES string of the molecule is O=C1COC2(CCN(CC(O)c3ccccc3)CC2)C(c2ccccc2)N1. The Morgan fingerprint density at radius 3 is 2.37 bits per heavy atom. The van der Waals surface area contributed by atoms with Crippen LogP contribution in [0.4, 0.5) is 0 Å². The Kier molecular flexibility index (Phi) is 5.25. The van der Waals surface area contributed by atoms with Crippen LogP contribution in [0.5, 0.6) is 0 Å². The zero-order chi connectivity index (χ0) is 18.7. The second-order valence-corrected chi connectivity index (χ2v) is 7.49. The van der Waals surface area contributed by atoms with Crippen LogP contribution in [0.3, 0.4) is 0 Å². The maximum atomic E-state index is 12.0. The topological polar surface area (TPSA) is 61.8 Å². The van der Waals surface area contributed by atoms with Gasteiger partial charge in [0, 0.05) is 19.6 Å². The van der Waals surface area contributed by atoms with Gasteiger partial charge in [-0.15, -0.1) is 0 Å². The fourth-order valence-electron chi connectivity index (χ4n) is 4.23. The Labute approximate surface area is 160 Å². The summed E-state index contributed by atoms with van der Waals surface area (Å²) in [6.45, 7) is 2.41. The Morgan fingerprint density at radius 1 is 1.07 bits per heavy atom. The van der Waals surface area contributed by atoms with Gasteiger partial charge in [-0.05, 0) is 24.0 Å². The number of likely N-dealkylation sites (tertiary alicyclic amines) is 1. The molecule has 0 aromatic heterocycles. The number of β-amino-alcohol motifs (C(OH)–C–C–N with tert-alkyl or cyclic N) is 1. The number of amides is 1. The molecule has 1 spiro atoms. The minimum Gasteiger partial charge on any atom is -0.387 e. The number of nitrogens with zero attached hydrogens (tertiary/aromatic N) is 1. The van der Waals surface area contributed by atoms with Crippen molar-refractivity contribution in [1.82, 2.24) is 10.2 Å². The van der Waals surface area contributed by atoms with E-state index < -0.39 is 6.10 Å². The molecule has 2 aromatic carbocycles. The van der Waals surface area contributed by atoms with Gasteiger partial charge >= 0.3 is 0 Å². The number of aliphatic hydroxyl groups excluding tert-OH is 1. The number of hydrogen-bond acceptors (Lipinski definition) is 4. The van der Waals surface area contributed by atoms with Gasteiger partial charge in [0.25, 0.3) is 0 Å². The second kappa shape index (κ2) is 7.80. The summed E-state index contributed by atoms with van der Waals surface area (Å²) in [5.41, 5.74) is 1.66. The molecule has 2 unspecified atom stereocenters. The van der Waals surface area contributed by atoms with Crippen LogP contribution in [-0.2, 0) is 9.53 Å². The number of benzene rings is 2. The molecule has 2 aliphatic rings. The summed E-state index contributed by atoms with van der Waals surface area (Å²) in [7, 11) is 0. The number of aliphatic hydroxyl groups is 1. The first kappa shape index (κ1) is 18.2. The highest BCUT2D eigenvalue weighted by molar-refractivity contribution is 5.78. The van der Waals surface area contributed by atoms with Gasteiger partial charge in [-0.25, -0.2) is 0 Å². The van der Waals surface area contributed by atoms with Crippen molar-refractivity contribution in [3.63, 3.8) is 0 Å². The van der Waals surface area contributed by atoms with E-state index in [1.807, 2.05) is 60.7 Å². The molecular formula is C22H26N2O3. The molecule has 142 valence electrons. The van der Waals surface area contributed by atoms with Gasteiger partial charge in [0.2, 0.25) is 5.91 Å². The third-order valence-corrected chi connectivity index (χ3v) is 5.77. The highest BCUT2D eigenvalue weighted by Crippen LogP contribution is 2.40. The zero-order valence-corrected chi connectivity index (χ0v) is 15.4. The van der Waals surface area contributed by atoms with Crippen LogP contribution in [0.1, 0.15) is 36.1 Å². The Balaban J connectivity index is 1.44. The van der Waals surface area contributed by atoms with Crippen LogP contribution in [0.2, 0.25) is 0 Å². The van der Waals surface area contributed by atoms with Crippen molar-refractivity contribution in [1.29, 1.82) is 0 Å². The van der Waals surface area contributed by atoms with Crippen LogP contribution in [-0.4, -0.2) is 47.8 Å². The van der Waals surface area contributed by atoms with Crippen LogP contribution in [0, 0.1) is 0 Å². The lowest BCUT2D eigenvalue weighted by atomic mass is 9.79. The van der Waals surface area contributed by atoms with E-state index in [1.54, 1.807) is 0 Å². The Morgan fingerprint density at radius 2 is 1.70 bits per heavy atom. The number of nitrogens with one attached hydrogen (secondary N) is 1. The molecule has 0 saturated carbocycles. The lowest BCUT2D eigenvalue weighted by Crippen LogP contribution is -2.59. The van der Waals surface area contributed by atoms with Gasteiger partial charge in [-0.1, -0.05) is 60.7 Å². The predicted molar refractivity (Wildman–Crippen MR) is 103 cm³/mol. The van der Waals surface area contributed by atoms with Crippen molar-refractivity contribution >= 4 is 5.91 Å². The molecule has 2 atom stereocenters. The largest absolute Gasteiger partial charge is 0.387 e. The van der Waals surface area contributed by atoms with E-state index in [2.05, 4.69) is 10.2 Å². The molecule has 2 N–H and O–H groups in total.